The summed E-state index contributed by atoms with van der Waals surface area (Å²) in [6.07, 6.45) is 0.766. The number of nitrogens with two attached hydrogens (primary N) is 1. The molecule has 0 aliphatic heterocycles. The number of carbonyl (C=O) groups is 1. The number of carbonyl (C=O) groups excluding carboxylic acids is 1. The van der Waals surface area contributed by atoms with Crippen LogP contribution in [0.4, 0.5) is 5.95 Å². The van der Waals surface area contributed by atoms with Crippen LogP contribution in [0.1, 0.15) is 30.9 Å². The SMILES string of the molecule is CC(C)COCCCNC(=O)c1nc(N)n[nH]1. The predicted molar refractivity (Wildman–Crippen MR) is 63.4 cm³/mol. The fraction of sp³-hybridized carbons (Fsp3) is 0.700. The van der Waals surface area contributed by atoms with E-state index in [2.05, 4.69) is 34.3 Å². The Labute approximate surface area is 100 Å². The third kappa shape index (κ3) is 5.30. The van der Waals surface area contributed by atoms with Crippen molar-refractivity contribution < 1.29 is 9.53 Å². The first-order chi connectivity index (χ1) is 8.09. The number of hydrogen-bond acceptors (Lipinski definition) is 5. The molecule has 0 aliphatic carbocycles. The number of aromatic amines is 1. The summed E-state index contributed by atoms with van der Waals surface area (Å²) in [5.74, 6) is 0.417. The van der Waals surface area contributed by atoms with Crippen LogP contribution in [-0.4, -0.2) is 40.8 Å². The lowest BCUT2D eigenvalue weighted by molar-refractivity contribution is 0.0916. The van der Waals surface area contributed by atoms with Gasteiger partial charge in [-0.1, -0.05) is 13.8 Å². The third-order valence-electron chi connectivity index (χ3n) is 1.92. The second-order valence-electron chi connectivity index (χ2n) is 4.12. The zero-order valence-corrected chi connectivity index (χ0v) is 10.2. The molecule has 0 atom stereocenters. The molecule has 4 N–H and O–H groups in total. The molecule has 1 rings (SSSR count). The van der Waals surface area contributed by atoms with Gasteiger partial charge in [0.1, 0.15) is 0 Å². The van der Waals surface area contributed by atoms with Gasteiger partial charge in [-0.3, -0.25) is 9.89 Å². The molecule has 7 heteroatoms. The van der Waals surface area contributed by atoms with E-state index >= 15 is 0 Å². The van der Waals surface area contributed by atoms with Crippen LogP contribution in [0.5, 0.6) is 0 Å². The summed E-state index contributed by atoms with van der Waals surface area (Å²) < 4.78 is 5.38. The number of nitrogens with one attached hydrogen (secondary N) is 2. The lowest BCUT2D eigenvalue weighted by Gasteiger charge is -2.06. The molecule has 1 amide bonds. The van der Waals surface area contributed by atoms with Gasteiger partial charge in [0.2, 0.25) is 11.8 Å². The molecule has 1 aromatic rings. The maximum Gasteiger partial charge on any atom is 0.288 e. The Bertz CT molecular complexity index is 350. The van der Waals surface area contributed by atoms with E-state index in [1.807, 2.05) is 0 Å². The number of amides is 1. The number of rotatable bonds is 7. The minimum absolute atomic E-state index is 0.0652. The van der Waals surface area contributed by atoms with Gasteiger partial charge in [0, 0.05) is 19.8 Å². The Kier molecular flexibility index (Phi) is 5.41. The number of nitrogens with zero attached hydrogens (tertiary/aromatic N) is 2. The molecule has 0 fully saturated rings. The van der Waals surface area contributed by atoms with Crippen LogP contribution in [0.2, 0.25) is 0 Å². The van der Waals surface area contributed by atoms with Crippen LogP contribution in [-0.2, 0) is 4.74 Å². The number of hydrogen-bond donors (Lipinski definition) is 3. The first-order valence-corrected chi connectivity index (χ1v) is 5.63. The van der Waals surface area contributed by atoms with Gasteiger partial charge in [0.25, 0.3) is 5.91 Å². The van der Waals surface area contributed by atoms with Gasteiger partial charge in [-0.25, -0.2) is 0 Å². The van der Waals surface area contributed by atoms with E-state index in [0.29, 0.717) is 19.1 Å². The summed E-state index contributed by atoms with van der Waals surface area (Å²) in [4.78, 5) is 15.2. The smallest absolute Gasteiger partial charge is 0.288 e. The van der Waals surface area contributed by atoms with Crippen LogP contribution in [0.25, 0.3) is 0 Å². The molecule has 0 aliphatic rings. The molecule has 0 spiro atoms. The Balaban J connectivity index is 2.09. The van der Waals surface area contributed by atoms with Gasteiger partial charge >= 0.3 is 0 Å². The molecule has 0 saturated carbocycles. The van der Waals surface area contributed by atoms with Crippen molar-refractivity contribution >= 4 is 11.9 Å². The zero-order chi connectivity index (χ0) is 12.7. The Morgan fingerprint density at radius 1 is 1.59 bits per heavy atom. The molecule has 1 heterocycles. The zero-order valence-electron chi connectivity index (χ0n) is 10.2. The highest BCUT2D eigenvalue weighted by Crippen LogP contribution is 1.94. The minimum atomic E-state index is -0.307. The van der Waals surface area contributed by atoms with Crippen LogP contribution < -0.4 is 11.1 Å². The first kappa shape index (κ1) is 13.4. The molecular weight excluding hydrogens is 222 g/mol. The highest BCUT2D eigenvalue weighted by molar-refractivity contribution is 5.90. The molecule has 0 saturated heterocycles. The average molecular weight is 241 g/mol. The van der Waals surface area contributed by atoms with Gasteiger partial charge in [-0.2, -0.15) is 4.98 Å². The summed E-state index contributed by atoms with van der Waals surface area (Å²) in [6, 6.07) is 0. The molecule has 1 aromatic heterocycles. The summed E-state index contributed by atoms with van der Waals surface area (Å²) in [7, 11) is 0. The second kappa shape index (κ2) is 6.85. The summed E-state index contributed by atoms with van der Waals surface area (Å²) in [5.41, 5.74) is 5.29. The van der Waals surface area contributed by atoms with Crippen LogP contribution in [0, 0.1) is 5.92 Å². The lowest BCUT2D eigenvalue weighted by Crippen LogP contribution is -2.26. The molecule has 0 aromatic carbocycles. The van der Waals surface area contributed by atoms with Crippen LogP contribution >= 0.6 is 0 Å². The number of aromatic nitrogens is 3. The van der Waals surface area contributed by atoms with E-state index in [1.165, 1.54) is 0 Å². The van der Waals surface area contributed by atoms with Gasteiger partial charge in [-0.15, -0.1) is 5.10 Å². The Hall–Kier alpha value is -1.63. The van der Waals surface area contributed by atoms with E-state index in [4.69, 9.17) is 10.5 Å². The van der Waals surface area contributed by atoms with Gasteiger partial charge in [0.15, 0.2) is 0 Å². The molecule has 17 heavy (non-hydrogen) atoms. The topological polar surface area (TPSA) is 106 Å². The minimum Gasteiger partial charge on any atom is -0.381 e. The highest BCUT2D eigenvalue weighted by Gasteiger charge is 2.09. The van der Waals surface area contributed by atoms with Crippen molar-refractivity contribution in [2.24, 2.45) is 5.92 Å². The molecular formula is C10H19N5O2. The summed E-state index contributed by atoms with van der Waals surface area (Å²) in [6.45, 7) is 6.10. The fourth-order valence-corrected chi connectivity index (χ4v) is 1.16. The van der Waals surface area contributed by atoms with E-state index < -0.39 is 0 Å². The van der Waals surface area contributed by atoms with E-state index in [1.54, 1.807) is 0 Å². The molecule has 0 bridgehead atoms. The first-order valence-electron chi connectivity index (χ1n) is 5.63. The van der Waals surface area contributed by atoms with Gasteiger partial charge in [-0.05, 0) is 12.3 Å². The maximum absolute atomic E-state index is 11.5. The maximum atomic E-state index is 11.5. The van der Waals surface area contributed by atoms with Crippen LogP contribution in [0.15, 0.2) is 0 Å². The molecule has 96 valence electrons. The van der Waals surface area contributed by atoms with Crippen molar-refractivity contribution in [3.8, 4) is 0 Å². The molecule has 0 unspecified atom stereocenters. The number of H-pyrrole nitrogens is 1. The monoisotopic (exact) mass is 241 g/mol. The number of nitrogen functional groups attached to an aromatic ring is 1. The molecule has 0 radical (unpaired) electrons. The number of ether oxygens (including phenoxy) is 1. The van der Waals surface area contributed by atoms with Crippen molar-refractivity contribution in [3.05, 3.63) is 5.82 Å². The largest absolute Gasteiger partial charge is 0.381 e. The van der Waals surface area contributed by atoms with E-state index in [-0.39, 0.29) is 17.7 Å². The Morgan fingerprint density at radius 3 is 2.94 bits per heavy atom. The normalized spacial score (nSPS) is 10.8. The van der Waals surface area contributed by atoms with Gasteiger partial charge < -0.3 is 15.8 Å². The van der Waals surface area contributed by atoms with Crippen molar-refractivity contribution in [2.45, 2.75) is 20.3 Å². The van der Waals surface area contributed by atoms with Crippen molar-refractivity contribution in [1.82, 2.24) is 20.5 Å². The summed E-state index contributed by atoms with van der Waals surface area (Å²) in [5, 5.41) is 8.71. The quantitative estimate of drug-likeness (QED) is 0.590. The van der Waals surface area contributed by atoms with Gasteiger partial charge in [0.05, 0.1) is 0 Å². The fourth-order valence-electron chi connectivity index (χ4n) is 1.16. The Morgan fingerprint density at radius 2 is 2.35 bits per heavy atom. The van der Waals surface area contributed by atoms with E-state index in [9.17, 15) is 4.79 Å². The standard InChI is InChI=1S/C10H19N5O2/c1-7(2)6-17-5-3-4-12-9(16)8-13-10(11)15-14-8/h7H,3-6H2,1-2H3,(H,12,16)(H3,11,13,14,15). The van der Waals surface area contributed by atoms with Crippen molar-refractivity contribution in [2.75, 3.05) is 25.5 Å². The van der Waals surface area contributed by atoms with Crippen molar-refractivity contribution in [3.63, 3.8) is 0 Å². The number of anilines is 1. The summed E-state index contributed by atoms with van der Waals surface area (Å²) >= 11 is 0. The highest BCUT2D eigenvalue weighted by atomic mass is 16.5. The van der Waals surface area contributed by atoms with E-state index in [0.717, 1.165) is 13.0 Å². The second-order valence-corrected chi connectivity index (χ2v) is 4.12. The average Bonchev–Trinajstić information content (AvgIpc) is 2.69. The van der Waals surface area contributed by atoms with Crippen LogP contribution in [0.3, 0.4) is 0 Å². The lowest BCUT2D eigenvalue weighted by atomic mass is 10.2. The van der Waals surface area contributed by atoms with Crippen molar-refractivity contribution in [1.29, 1.82) is 0 Å². The molecule has 7 nitrogen and oxygen atoms in total. The predicted octanol–water partition coefficient (Wildman–Crippen LogP) is 0.179. The third-order valence-corrected chi connectivity index (χ3v) is 1.92.